The molecule has 0 saturated carbocycles. The van der Waals surface area contributed by atoms with Crippen molar-refractivity contribution >= 4 is 28.1 Å². The van der Waals surface area contributed by atoms with E-state index in [2.05, 4.69) is 63.1 Å². The zero-order chi connectivity index (χ0) is 20.4. The van der Waals surface area contributed by atoms with Crippen molar-refractivity contribution in [3.63, 3.8) is 0 Å². The van der Waals surface area contributed by atoms with Crippen molar-refractivity contribution in [1.29, 1.82) is 0 Å². The highest BCUT2D eigenvalue weighted by Gasteiger charge is 2.16. The van der Waals surface area contributed by atoms with Crippen molar-refractivity contribution in [3.8, 4) is 11.4 Å². The van der Waals surface area contributed by atoms with Crippen LogP contribution in [0.5, 0.6) is 5.75 Å². The number of carbonyl (C=O) groups is 1. The Bertz CT molecular complexity index is 1080. The van der Waals surface area contributed by atoms with E-state index in [1.54, 1.807) is 24.4 Å². The lowest BCUT2D eigenvalue weighted by atomic mass is 10.1. The van der Waals surface area contributed by atoms with E-state index in [1.165, 1.54) is 17.2 Å². The molecule has 0 atom stereocenters. The molecule has 0 saturated heterocycles. The number of phenolic OH excluding ortho intramolecular Hbond substituents is 1. The van der Waals surface area contributed by atoms with Gasteiger partial charge in [-0.15, -0.1) is 0 Å². The Morgan fingerprint density at radius 2 is 1.79 bits per heavy atom. The van der Waals surface area contributed by atoms with Crippen molar-refractivity contribution in [2.24, 2.45) is 5.10 Å². The van der Waals surface area contributed by atoms with Gasteiger partial charge in [0, 0.05) is 27.1 Å². The van der Waals surface area contributed by atoms with Crippen LogP contribution in [0.15, 0.2) is 52.0 Å². The van der Waals surface area contributed by atoms with E-state index < -0.39 is 5.91 Å². The highest BCUT2D eigenvalue weighted by atomic mass is 79.9. The summed E-state index contributed by atoms with van der Waals surface area (Å²) in [6.07, 6.45) is 1.61. The molecule has 0 aliphatic rings. The van der Waals surface area contributed by atoms with Crippen LogP contribution in [-0.2, 0) is 0 Å². The summed E-state index contributed by atoms with van der Waals surface area (Å²) in [7, 11) is 0. The minimum Gasteiger partial charge on any atom is -0.507 e. The Morgan fingerprint density at radius 1 is 1.07 bits per heavy atom. The van der Waals surface area contributed by atoms with Gasteiger partial charge in [-0.1, -0.05) is 18.2 Å². The van der Waals surface area contributed by atoms with Gasteiger partial charge in [0.1, 0.15) is 5.75 Å². The molecule has 2 aromatic carbocycles. The minimum absolute atomic E-state index is 0.0794. The number of carbonyl (C=O) groups excluding carboxylic acids is 1. The van der Waals surface area contributed by atoms with Crippen LogP contribution in [0.25, 0.3) is 5.69 Å². The summed E-state index contributed by atoms with van der Waals surface area (Å²) in [5, 5.41) is 13.9. The number of benzene rings is 2. The van der Waals surface area contributed by atoms with Gasteiger partial charge in [0.25, 0.3) is 5.91 Å². The third-order valence-corrected chi connectivity index (χ3v) is 5.87. The van der Waals surface area contributed by atoms with E-state index in [4.69, 9.17) is 0 Å². The average Bonchev–Trinajstić information content (AvgIpc) is 2.87. The van der Waals surface area contributed by atoms with Crippen LogP contribution in [0.3, 0.4) is 0 Å². The molecule has 144 valence electrons. The smallest absolute Gasteiger partial charge is 0.275 e. The van der Waals surface area contributed by atoms with Crippen LogP contribution in [0.4, 0.5) is 0 Å². The molecule has 0 spiro atoms. The summed E-state index contributed by atoms with van der Waals surface area (Å²) >= 11 is 3.64. The standard InChI is InChI=1S/C22H22BrN3O2/c1-13-9-10-17(11-14(13)2)26-15(3)19(21(23)16(26)4)12-24-25-22(28)18-7-5-6-8-20(18)27/h5-12,27H,1-4H3,(H,25,28)/b24-12-. The van der Waals surface area contributed by atoms with Gasteiger partial charge >= 0.3 is 0 Å². The number of hydrogen-bond donors (Lipinski definition) is 2. The SMILES string of the molecule is Cc1ccc(-n2c(C)c(Br)c(/C=N\NC(=O)c3ccccc3O)c2C)cc1C. The number of amides is 1. The molecule has 5 nitrogen and oxygen atoms in total. The van der Waals surface area contributed by atoms with Crippen LogP contribution < -0.4 is 5.43 Å². The van der Waals surface area contributed by atoms with Gasteiger partial charge in [-0.2, -0.15) is 5.10 Å². The monoisotopic (exact) mass is 439 g/mol. The van der Waals surface area contributed by atoms with E-state index >= 15 is 0 Å². The molecule has 0 aliphatic heterocycles. The van der Waals surface area contributed by atoms with E-state index in [-0.39, 0.29) is 11.3 Å². The van der Waals surface area contributed by atoms with E-state index in [1.807, 2.05) is 13.8 Å². The predicted octanol–water partition coefficient (Wildman–Crippen LogP) is 4.94. The number of phenols is 1. The Kier molecular flexibility index (Phi) is 5.70. The summed E-state index contributed by atoms with van der Waals surface area (Å²) in [4.78, 5) is 12.2. The topological polar surface area (TPSA) is 66.6 Å². The predicted molar refractivity (Wildman–Crippen MR) is 116 cm³/mol. The van der Waals surface area contributed by atoms with Crippen LogP contribution in [0, 0.1) is 27.7 Å². The zero-order valence-electron chi connectivity index (χ0n) is 16.2. The first-order valence-corrected chi connectivity index (χ1v) is 9.67. The lowest BCUT2D eigenvalue weighted by Gasteiger charge is -2.11. The van der Waals surface area contributed by atoms with Crippen LogP contribution in [0.1, 0.15) is 38.4 Å². The number of halogens is 1. The Morgan fingerprint density at radius 3 is 2.46 bits per heavy atom. The van der Waals surface area contributed by atoms with Gasteiger partial charge in [0.15, 0.2) is 0 Å². The third-order valence-electron chi connectivity index (χ3n) is 4.87. The maximum atomic E-state index is 12.2. The second kappa shape index (κ2) is 8.02. The highest BCUT2D eigenvalue weighted by molar-refractivity contribution is 9.10. The summed E-state index contributed by atoms with van der Waals surface area (Å²) < 4.78 is 3.08. The van der Waals surface area contributed by atoms with Crippen molar-refractivity contribution in [2.75, 3.05) is 0 Å². The number of nitrogens with one attached hydrogen (secondary N) is 1. The maximum Gasteiger partial charge on any atom is 0.275 e. The molecule has 3 rings (SSSR count). The molecule has 1 aromatic heterocycles. The van der Waals surface area contributed by atoms with Crippen LogP contribution >= 0.6 is 15.9 Å². The fourth-order valence-electron chi connectivity index (χ4n) is 3.11. The highest BCUT2D eigenvalue weighted by Crippen LogP contribution is 2.30. The maximum absolute atomic E-state index is 12.2. The first-order chi connectivity index (χ1) is 13.3. The molecular weight excluding hydrogens is 418 g/mol. The average molecular weight is 440 g/mol. The third kappa shape index (κ3) is 3.73. The minimum atomic E-state index is -0.464. The fourth-order valence-corrected chi connectivity index (χ4v) is 3.67. The quantitative estimate of drug-likeness (QED) is 0.446. The van der Waals surface area contributed by atoms with Crippen molar-refractivity contribution in [2.45, 2.75) is 27.7 Å². The van der Waals surface area contributed by atoms with Gasteiger partial charge in [-0.25, -0.2) is 5.43 Å². The van der Waals surface area contributed by atoms with Gasteiger partial charge in [0.05, 0.1) is 11.8 Å². The van der Waals surface area contributed by atoms with Crippen molar-refractivity contribution in [3.05, 3.63) is 80.6 Å². The number of para-hydroxylation sites is 1. The van der Waals surface area contributed by atoms with Gasteiger partial charge in [0.2, 0.25) is 0 Å². The second-order valence-corrected chi connectivity index (χ2v) is 7.51. The summed E-state index contributed by atoms with van der Waals surface area (Å²) in [5.74, 6) is -0.544. The molecule has 0 unspecified atom stereocenters. The Labute approximate surface area is 172 Å². The molecular formula is C22H22BrN3O2. The van der Waals surface area contributed by atoms with Crippen molar-refractivity contribution in [1.82, 2.24) is 9.99 Å². The van der Waals surface area contributed by atoms with Gasteiger partial charge in [-0.05, 0) is 79.0 Å². The first-order valence-electron chi connectivity index (χ1n) is 8.87. The summed E-state index contributed by atoms with van der Waals surface area (Å²) in [6.45, 7) is 8.23. The summed E-state index contributed by atoms with van der Waals surface area (Å²) in [5.41, 5.74) is 9.15. The number of aromatic hydroxyl groups is 1. The second-order valence-electron chi connectivity index (χ2n) is 6.72. The van der Waals surface area contributed by atoms with Crippen LogP contribution in [-0.4, -0.2) is 21.8 Å². The lowest BCUT2D eigenvalue weighted by Crippen LogP contribution is -2.17. The Hall–Kier alpha value is -2.86. The number of rotatable bonds is 4. The Balaban J connectivity index is 1.89. The van der Waals surface area contributed by atoms with E-state index in [9.17, 15) is 9.90 Å². The molecule has 28 heavy (non-hydrogen) atoms. The normalized spacial score (nSPS) is 11.2. The first kappa shape index (κ1) is 19.9. The molecule has 0 bridgehead atoms. The van der Waals surface area contributed by atoms with Gasteiger partial charge in [-0.3, -0.25) is 4.79 Å². The zero-order valence-corrected chi connectivity index (χ0v) is 17.8. The fraction of sp³-hybridized carbons (Fsp3) is 0.182. The van der Waals surface area contributed by atoms with E-state index in [0.29, 0.717) is 0 Å². The molecule has 1 amide bonds. The number of aryl methyl sites for hydroxylation is 2. The number of nitrogens with zero attached hydrogens (tertiary/aromatic N) is 2. The van der Waals surface area contributed by atoms with Crippen LogP contribution in [0.2, 0.25) is 0 Å². The molecule has 0 aliphatic carbocycles. The van der Waals surface area contributed by atoms with E-state index in [0.717, 1.165) is 27.1 Å². The molecule has 0 radical (unpaired) electrons. The molecule has 3 aromatic rings. The lowest BCUT2D eigenvalue weighted by molar-refractivity contribution is 0.0952. The molecule has 6 heteroatoms. The number of hydrazone groups is 1. The molecule has 2 N–H and O–H groups in total. The summed E-state index contributed by atoms with van der Waals surface area (Å²) in [6, 6.07) is 12.7. The number of aromatic nitrogens is 1. The number of hydrogen-bond acceptors (Lipinski definition) is 3. The molecule has 1 heterocycles. The largest absolute Gasteiger partial charge is 0.507 e. The molecule has 0 fully saturated rings. The van der Waals surface area contributed by atoms with Crippen molar-refractivity contribution < 1.29 is 9.90 Å². The van der Waals surface area contributed by atoms with Gasteiger partial charge < -0.3 is 9.67 Å².